The predicted molar refractivity (Wildman–Crippen MR) is 168 cm³/mol. The molecule has 0 aliphatic heterocycles. The molecular formula is C30H56N2O6S2. The Morgan fingerprint density at radius 3 is 1.05 bits per heavy atom. The molecule has 0 aliphatic rings. The standard InChI is InChI=1S/C30H56N2O6S2/c1-3-5-7-9-11-13-15-17-19-21-27(33)31-25(29(35)36)23-39-40-24-26(30(37)38)32-28(34)22-20-18-16-14-12-10-8-6-4-2/h25-26H,3-24H2,1-2H3,(H,31,33)(H,32,34)(H,35,36)(H,37,38)/t25-,26?/m0/s1. The third-order valence-electron chi connectivity index (χ3n) is 6.83. The van der Waals surface area contributed by atoms with Crippen LogP contribution in [0.25, 0.3) is 0 Å². The molecule has 234 valence electrons. The molecular weight excluding hydrogens is 548 g/mol. The van der Waals surface area contributed by atoms with E-state index in [0.717, 1.165) is 38.5 Å². The number of hydrogen-bond donors (Lipinski definition) is 4. The fourth-order valence-electron chi connectivity index (χ4n) is 4.31. The average molecular weight is 605 g/mol. The second-order valence-electron chi connectivity index (χ2n) is 10.6. The summed E-state index contributed by atoms with van der Waals surface area (Å²) in [6.07, 6.45) is 21.2. The maximum atomic E-state index is 12.2. The van der Waals surface area contributed by atoms with E-state index in [1.54, 1.807) is 0 Å². The molecule has 0 bridgehead atoms. The number of carboxylic acid groups (broad SMARTS) is 2. The van der Waals surface area contributed by atoms with Gasteiger partial charge in [-0.1, -0.05) is 138 Å². The van der Waals surface area contributed by atoms with Gasteiger partial charge in [-0.05, 0) is 12.8 Å². The Morgan fingerprint density at radius 1 is 0.500 bits per heavy atom. The molecule has 0 rings (SSSR count). The first-order valence-electron chi connectivity index (χ1n) is 15.6. The molecule has 2 amide bonds. The minimum atomic E-state index is -1.11. The van der Waals surface area contributed by atoms with Crippen molar-refractivity contribution in [1.29, 1.82) is 0 Å². The number of carboxylic acids is 2. The maximum absolute atomic E-state index is 12.2. The highest BCUT2D eigenvalue weighted by Crippen LogP contribution is 2.23. The molecule has 0 saturated carbocycles. The average Bonchev–Trinajstić information content (AvgIpc) is 2.91. The van der Waals surface area contributed by atoms with Crippen molar-refractivity contribution in [3.8, 4) is 0 Å². The number of amides is 2. The number of carbonyl (C=O) groups is 4. The van der Waals surface area contributed by atoms with E-state index < -0.39 is 24.0 Å². The van der Waals surface area contributed by atoms with Crippen LogP contribution in [0.2, 0.25) is 0 Å². The Hall–Kier alpha value is -1.42. The number of hydrogen-bond acceptors (Lipinski definition) is 6. The van der Waals surface area contributed by atoms with E-state index in [2.05, 4.69) is 24.5 Å². The van der Waals surface area contributed by atoms with Crippen molar-refractivity contribution in [3.05, 3.63) is 0 Å². The lowest BCUT2D eigenvalue weighted by Gasteiger charge is -2.16. The third kappa shape index (κ3) is 24.4. The molecule has 8 nitrogen and oxygen atoms in total. The summed E-state index contributed by atoms with van der Waals surface area (Å²) in [5.74, 6) is -2.54. The number of nitrogens with one attached hydrogen (secondary N) is 2. The minimum absolute atomic E-state index is 0.113. The minimum Gasteiger partial charge on any atom is -0.480 e. The highest BCUT2D eigenvalue weighted by molar-refractivity contribution is 8.76. The summed E-state index contributed by atoms with van der Waals surface area (Å²) in [6, 6.07) is -2.07. The molecule has 40 heavy (non-hydrogen) atoms. The van der Waals surface area contributed by atoms with Gasteiger partial charge in [-0.3, -0.25) is 9.59 Å². The van der Waals surface area contributed by atoms with E-state index in [4.69, 9.17) is 0 Å². The summed E-state index contributed by atoms with van der Waals surface area (Å²) in [5.41, 5.74) is 0. The fourth-order valence-corrected chi connectivity index (χ4v) is 6.62. The van der Waals surface area contributed by atoms with Crippen molar-refractivity contribution < 1.29 is 29.4 Å². The molecule has 1 unspecified atom stereocenters. The maximum Gasteiger partial charge on any atom is 0.327 e. The third-order valence-corrected chi connectivity index (χ3v) is 9.26. The molecule has 0 fully saturated rings. The first-order chi connectivity index (χ1) is 19.3. The number of unbranched alkanes of at least 4 members (excludes halogenated alkanes) is 16. The van der Waals surface area contributed by atoms with Gasteiger partial charge < -0.3 is 20.8 Å². The molecule has 0 radical (unpaired) electrons. The lowest BCUT2D eigenvalue weighted by molar-refractivity contribution is -0.141. The lowest BCUT2D eigenvalue weighted by Crippen LogP contribution is -2.43. The summed E-state index contributed by atoms with van der Waals surface area (Å²) >= 11 is 0. The highest BCUT2D eigenvalue weighted by Gasteiger charge is 2.23. The Bertz CT molecular complexity index is 625. The van der Waals surface area contributed by atoms with Crippen LogP contribution in [-0.4, -0.2) is 57.6 Å². The molecule has 0 saturated heterocycles. The van der Waals surface area contributed by atoms with Crippen LogP contribution in [0.15, 0.2) is 0 Å². The molecule has 10 heteroatoms. The summed E-state index contributed by atoms with van der Waals surface area (Å²) in [5, 5.41) is 24.1. The Balaban J connectivity index is 4.07. The molecule has 0 aromatic heterocycles. The highest BCUT2D eigenvalue weighted by atomic mass is 33.1. The monoisotopic (exact) mass is 604 g/mol. The number of carbonyl (C=O) groups excluding carboxylic acids is 2. The van der Waals surface area contributed by atoms with Crippen molar-refractivity contribution in [2.75, 3.05) is 11.5 Å². The molecule has 4 N–H and O–H groups in total. The van der Waals surface area contributed by atoms with Crippen LogP contribution in [0, 0.1) is 0 Å². The molecule has 2 atom stereocenters. The van der Waals surface area contributed by atoms with E-state index in [0.29, 0.717) is 12.8 Å². The zero-order chi connectivity index (χ0) is 29.8. The normalized spacial score (nSPS) is 12.6. The quantitative estimate of drug-likeness (QED) is 0.0515. The predicted octanol–water partition coefficient (Wildman–Crippen LogP) is 7.35. The Morgan fingerprint density at radius 2 is 0.775 bits per heavy atom. The van der Waals surface area contributed by atoms with Gasteiger partial charge in [0.05, 0.1) is 0 Å². The molecule has 0 aromatic carbocycles. The Kier molecular flexibility index (Phi) is 26.8. The van der Waals surface area contributed by atoms with E-state index in [1.165, 1.54) is 98.6 Å². The first kappa shape index (κ1) is 38.6. The Labute approximate surface area is 250 Å². The van der Waals surface area contributed by atoms with Crippen LogP contribution >= 0.6 is 21.6 Å². The largest absolute Gasteiger partial charge is 0.480 e. The van der Waals surface area contributed by atoms with E-state index in [-0.39, 0.29) is 23.3 Å². The van der Waals surface area contributed by atoms with Crippen molar-refractivity contribution in [1.82, 2.24) is 10.6 Å². The SMILES string of the molecule is CCCCCCCCCCCC(=O)NC(CSSC[C@H](NC(=O)CCCCCCCCCCC)C(=O)O)C(=O)O. The van der Waals surface area contributed by atoms with Crippen LogP contribution < -0.4 is 10.6 Å². The van der Waals surface area contributed by atoms with E-state index in [9.17, 15) is 29.4 Å². The molecule has 0 spiro atoms. The van der Waals surface area contributed by atoms with Crippen molar-refractivity contribution in [2.24, 2.45) is 0 Å². The van der Waals surface area contributed by atoms with Gasteiger partial charge in [0.25, 0.3) is 0 Å². The van der Waals surface area contributed by atoms with Crippen LogP contribution in [0.3, 0.4) is 0 Å². The summed E-state index contributed by atoms with van der Waals surface area (Å²) < 4.78 is 0. The summed E-state index contributed by atoms with van der Waals surface area (Å²) in [4.78, 5) is 47.6. The van der Waals surface area contributed by atoms with Crippen LogP contribution in [0.1, 0.15) is 142 Å². The smallest absolute Gasteiger partial charge is 0.327 e. The summed E-state index contributed by atoms with van der Waals surface area (Å²) in [6.45, 7) is 4.40. The number of rotatable bonds is 29. The molecule has 0 aromatic rings. The van der Waals surface area contributed by atoms with Crippen molar-refractivity contribution in [2.45, 2.75) is 154 Å². The van der Waals surface area contributed by atoms with Crippen LogP contribution in [0.5, 0.6) is 0 Å². The van der Waals surface area contributed by atoms with Gasteiger partial charge >= 0.3 is 11.9 Å². The topological polar surface area (TPSA) is 133 Å². The van der Waals surface area contributed by atoms with Gasteiger partial charge in [-0.2, -0.15) is 0 Å². The first-order valence-corrected chi connectivity index (χ1v) is 18.1. The van der Waals surface area contributed by atoms with Crippen molar-refractivity contribution in [3.63, 3.8) is 0 Å². The van der Waals surface area contributed by atoms with Gasteiger partial charge in [0, 0.05) is 24.3 Å². The van der Waals surface area contributed by atoms with E-state index >= 15 is 0 Å². The lowest BCUT2D eigenvalue weighted by atomic mass is 10.1. The second-order valence-corrected chi connectivity index (χ2v) is 13.2. The van der Waals surface area contributed by atoms with Gasteiger partial charge in [-0.25, -0.2) is 9.59 Å². The fraction of sp³-hybridized carbons (Fsp3) is 0.867. The zero-order valence-electron chi connectivity index (χ0n) is 25.1. The van der Waals surface area contributed by atoms with E-state index in [1.807, 2.05) is 0 Å². The van der Waals surface area contributed by atoms with Gasteiger partial charge in [0.1, 0.15) is 12.1 Å². The molecule has 0 heterocycles. The van der Waals surface area contributed by atoms with Crippen LogP contribution in [0.4, 0.5) is 0 Å². The second kappa shape index (κ2) is 27.7. The van der Waals surface area contributed by atoms with Gasteiger partial charge in [0.2, 0.25) is 11.8 Å². The summed E-state index contributed by atoms with van der Waals surface area (Å²) in [7, 11) is 2.38. The van der Waals surface area contributed by atoms with Crippen molar-refractivity contribution >= 4 is 45.3 Å². The zero-order valence-corrected chi connectivity index (χ0v) is 26.7. The van der Waals surface area contributed by atoms with Gasteiger partial charge in [0.15, 0.2) is 0 Å². The van der Waals surface area contributed by atoms with Crippen LogP contribution in [-0.2, 0) is 19.2 Å². The number of aliphatic carboxylic acids is 2. The molecule has 0 aliphatic carbocycles. The van der Waals surface area contributed by atoms with Gasteiger partial charge in [-0.15, -0.1) is 0 Å².